The largest absolute Gasteiger partial charge is 0.454 e. The molecule has 0 bridgehead atoms. The van der Waals surface area contributed by atoms with E-state index in [9.17, 15) is 8.42 Å². The molecule has 4 rings (SSSR count). The van der Waals surface area contributed by atoms with Crippen molar-refractivity contribution in [2.24, 2.45) is 0 Å². The highest BCUT2D eigenvalue weighted by atomic mass is 127. The number of aromatic nitrogens is 2. The third-order valence-electron chi connectivity index (χ3n) is 3.90. The molecule has 0 saturated heterocycles. The Morgan fingerprint density at radius 3 is 2.52 bits per heavy atom. The lowest BCUT2D eigenvalue weighted by molar-refractivity contribution is 0.577. The van der Waals surface area contributed by atoms with Gasteiger partial charge in [-0.3, -0.25) is 0 Å². The third kappa shape index (κ3) is 2.77. The zero-order chi connectivity index (χ0) is 17.6. The van der Waals surface area contributed by atoms with Crippen molar-refractivity contribution in [1.82, 2.24) is 9.19 Å². The first-order valence-electron chi connectivity index (χ1n) is 7.51. The number of nitrogens with zero attached hydrogens (tertiary/aromatic N) is 2. The van der Waals surface area contributed by atoms with Crippen molar-refractivity contribution in [3.63, 3.8) is 0 Å². The van der Waals surface area contributed by atoms with Gasteiger partial charge in [0.25, 0.3) is 10.0 Å². The normalized spacial score (nSPS) is 11.9. The molecular formula is C18H13IN2O3S. The monoisotopic (exact) mass is 464 g/mol. The van der Waals surface area contributed by atoms with E-state index in [2.05, 4.69) is 27.7 Å². The van der Waals surface area contributed by atoms with Crippen LogP contribution in [0.1, 0.15) is 5.56 Å². The van der Waals surface area contributed by atoms with Gasteiger partial charge in [-0.05, 0) is 53.8 Å². The summed E-state index contributed by atoms with van der Waals surface area (Å²) in [4.78, 5) is 0.190. The zero-order valence-corrected chi connectivity index (χ0v) is 16.2. The summed E-state index contributed by atoms with van der Waals surface area (Å²) in [6.45, 7) is 1.91. The van der Waals surface area contributed by atoms with Crippen molar-refractivity contribution >= 4 is 43.6 Å². The van der Waals surface area contributed by atoms with Gasteiger partial charge in [-0.1, -0.05) is 35.9 Å². The molecule has 0 atom stereocenters. The molecule has 0 unspecified atom stereocenters. The van der Waals surface area contributed by atoms with Crippen LogP contribution in [0.2, 0.25) is 0 Å². The molecule has 0 amide bonds. The molecule has 0 fully saturated rings. The molecule has 0 N–H and O–H groups in total. The first-order valence-corrected chi connectivity index (χ1v) is 10.0. The molecule has 7 heteroatoms. The standard InChI is InChI=1S/C18H13IN2O3S/c1-12-6-8-14(9-7-12)25(22,23)21-18(15(19)11-20-21)17-10-13-4-2-3-5-16(13)24-17/h2-11H,1H3. The van der Waals surface area contributed by atoms with Gasteiger partial charge in [-0.15, -0.1) is 4.09 Å². The van der Waals surface area contributed by atoms with Crippen molar-refractivity contribution in [3.05, 3.63) is 69.9 Å². The highest BCUT2D eigenvalue weighted by Crippen LogP contribution is 2.32. The quantitative estimate of drug-likeness (QED) is 0.421. The summed E-state index contributed by atoms with van der Waals surface area (Å²) in [6, 6.07) is 16.1. The van der Waals surface area contributed by atoms with Crippen molar-refractivity contribution in [2.45, 2.75) is 11.8 Å². The number of halogens is 1. The second-order valence-corrected chi connectivity index (χ2v) is 8.58. The van der Waals surface area contributed by atoms with E-state index >= 15 is 0 Å². The molecule has 4 aromatic rings. The maximum absolute atomic E-state index is 13.0. The molecule has 0 aliphatic heterocycles. The van der Waals surface area contributed by atoms with Gasteiger partial charge in [-0.2, -0.15) is 13.5 Å². The van der Waals surface area contributed by atoms with Gasteiger partial charge in [0, 0.05) is 5.39 Å². The van der Waals surface area contributed by atoms with Crippen LogP contribution in [0.5, 0.6) is 0 Å². The molecule has 2 heterocycles. The molecule has 0 aliphatic rings. The second-order valence-electron chi connectivity index (χ2n) is 5.65. The van der Waals surface area contributed by atoms with Gasteiger partial charge in [-0.25, -0.2) is 0 Å². The summed E-state index contributed by atoms with van der Waals surface area (Å²) >= 11 is 2.07. The zero-order valence-electron chi connectivity index (χ0n) is 13.2. The Bertz CT molecular complexity index is 1140. The van der Waals surface area contributed by atoms with Crippen LogP contribution >= 0.6 is 22.6 Å². The van der Waals surface area contributed by atoms with Crippen LogP contribution in [0.25, 0.3) is 22.4 Å². The molecule has 25 heavy (non-hydrogen) atoms. The van der Waals surface area contributed by atoms with Crippen molar-refractivity contribution < 1.29 is 12.8 Å². The van der Waals surface area contributed by atoms with Crippen LogP contribution in [0.3, 0.4) is 0 Å². The maximum atomic E-state index is 13.0. The smallest absolute Gasteiger partial charge is 0.283 e. The lowest BCUT2D eigenvalue weighted by atomic mass is 10.2. The van der Waals surface area contributed by atoms with Gasteiger partial charge in [0.1, 0.15) is 11.3 Å². The fourth-order valence-electron chi connectivity index (χ4n) is 2.62. The van der Waals surface area contributed by atoms with Gasteiger partial charge < -0.3 is 4.42 Å². The van der Waals surface area contributed by atoms with E-state index in [0.29, 0.717) is 20.6 Å². The Morgan fingerprint density at radius 1 is 1.08 bits per heavy atom. The molecule has 0 spiro atoms. The number of benzene rings is 2. The number of fused-ring (bicyclic) bond motifs is 1. The molecular weight excluding hydrogens is 451 g/mol. The Labute approximate surface area is 158 Å². The van der Waals surface area contributed by atoms with Gasteiger partial charge in [0.05, 0.1) is 14.7 Å². The Kier molecular flexibility index (Phi) is 3.92. The average molecular weight is 464 g/mol. The Balaban J connectivity index is 1.91. The lowest BCUT2D eigenvalue weighted by Crippen LogP contribution is -2.15. The van der Waals surface area contributed by atoms with Crippen LogP contribution in [0.15, 0.2) is 70.1 Å². The van der Waals surface area contributed by atoms with Crippen molar-refractivity contribution in [3.8, 4) is 11.5 Å². The Morgan fingerprint density at radius 2 is 1.80 bits per heavy atom. The van der Waals surface area contributed by atoms with E-state index < -0.39 is 10.0 Å². The molecule has 0 saturated carbocycles. The lowest BCUT2D eigenvalue weighted by Gasteiger charge is -2.08. The summed E-state index contributed by atoms with van der Waals surface area (Å²) in [5, 5.41) is 5.00. The number of rotatable bonds is 3. The summed E-state index contributed by atoms with van der Waals surface area (Å²) < 4.78 is 33.6. The minimum atomic E-state index is -3.81. The first-order chi connectivity index (χ1) is 12.0. The minimum absolute atomic E-state index is 0.190. The van der Waals surface area contributed by atoms with Crippen LogP contribution in [-0.4, -0.2) is 17.6 Å². The van der Waals surface area contributed by atoms with Crippen LogP contribution < -0.4 is 0 Å². The van der Waals surface area contributed by atoms with E-state index in [1.807, 2.05) is 37.3 Å². The van der Waals surface area contributed by atoms with Crippen molar-refractivity contribution in [1.29, 1.82) is 0 Å². The maximum Gasteiger partial charge on any atom is 0.283 e. The van der Waals surface area contributed by atoms with Crippen LogP contribution in [0.4, 0.5) is 0 Å². The van der Waals surface area contributed by atoms with E-state index in [-0.39, 0.29) is 4.90 Å². The van der Waals surface area contributed by atoms with E-state index in [1.165, 1.54) is 6.20 Å². The first kappa shape index (κ1) is 16.3. The van der Waals surface area contributed by atoms with E-state index in [0.717, 1.165) is 15.0 Å². The fourth-order valence-corrected chi connectivity index (χ4v) is 4.68. The molecule has 0 aliphatic carbocycles. The number of furan rings is 1. The van der Waals surface area contributed by atoms with Gasteiger partial charge in [0.2, 0.25) is 0 Å². The molecule has 126 valence electrons. The SMILES string of the molecule is Cc1ccc(S(=O)(=O)n2ncc(I)c2-c2cc3ccccc3o2)cc1. The number of para-hydroxylation sites is 1. The number of hydrogen-bond acceptors (Lipinski definition) is 4. The van der Waals surface area contributed by atoms with Crippen molar-refractivity contribution in [2.75, 3.05) is 0 Å². The highest BCUT2D eigenvalue weighted by Gasteiger charge is 2.26. The van der Waals surface area contributed by atoms with Gasteiger partial charge in [0.15, 0.2) is 5.76 Å². The number of aryl methyl sites for hydroxylation is 1. The second kappa shape index (κ2) is 5.99. The highest BCUT2D eigenvalue weighted by molar-refractivity contribution is 14.1. The summed E-state index contributed by atoms with van der Waals surface area (Å²) in [5.74, 6) is 0.471. The summed E-state index contributed by atoms with van der Waals surface area (Å²) in [7, 11) is -3.81. The predicted molar refractivity (Wildman–Crippen MR) is 104 cm³/mol. The minimum Gasteiger partial charge on any atom is -0.454 e. The van der Waals surface area contributed by atoms with Crippen LogP contribution in [-0.2, 0) is 10.0 Å². The third-order valence-corrected chi connectivity index (χ3v) is 6.29. The molecule has 5 nitrogen and oxygen atoms in total. The van der Waals surface area contributed by atoms with Crippen LogP contribution in [0, 0.1) is 10.5 Å². The predicted octanol–water partition coefficient (Wildman–Crippen LogP) is 4.45. The van der Waals surface area contributed by atoms with E-state index in [4.69, 9.17) is 4.42 Å². The topological polar surface area (TPSA) is 65.1 Å². The Hall–Kier alpha value is -2.13. The summed E-state index contributed by atoms with van der Waals surface area (Å²) in [5.41, 5.74) is 2.12. The summed E-state index contributed by atoms with van der Waals surface area (Å²) in [6.07, 6.45) is 1.52. The molecule has 2 aromatic carbocycles. The molecule has 2 aromatic heterocycles. The average Bonchev–Trinajstić information content (AvgIpc) is 3.18. The van der Waals surface area contributed by atoms with Gasteiger partial charge >= 0.3 is 0 Å². The fraction of sp³-hybridized carbons (Fsp3) is 0.0556. The molecule has 0 radical (unpaired) electrons. The van der Waals surface area contributed by atoms with E-state index in [1.54, 1.807) is 24.3 Å². The number of hydrogen-bond donors (Lipinski definition) is 0.